The minimum atomic E-state index is -0.850. The first kappa shape index (κ1) is 14.5. The Morgan fingerprint density at radius 1 is 1.45 bits per heavy atom. The highest BCUT2D eigenvalue weighted by molar-refractivity contribution is 5.30. The number of aliphatic hydroxyl groups excluding tert-OH is 1. The molecule has 1 unspecified atom stereocenters. The molecule has 1 aromatic carbocycles. The van der Waals surface area contributed by atoms with Gasteiger partial charge in [-0.2, -0.15) is 4.98 Å². The minimum absolute atomic E-state index is 0.0875. The molecule has 1 N–H and O–H groups in total. The maximum Gasteiger partial charge on any atom is 0.264 e. The van der Waals surface area contributed by atoms with E-state index >= 15 is 0 Å². The molecular weight excluding hydrogens is 263 g/mol. The van der Waals surface area contributed by atoms with E-state index in [1.54, 1.807) is 6.07 Å². The zero-order valence-electron chi connectivity index (χ0n) is 11.5. The maximum atomic E-state index is 13.6. The van der Waals surface area contributed by atoms with Crippen molar-refractivity contribution in [1.82, 2.24) is 10.1 Å². The number of rotatable bonds is 6. The van der Waals surface area contributed by atoms with Crippen LogP contribution < -0.4 is 4.74 Å². The molecule has 2 rings (SSSR count). The van der Waals surface area contributed by atoms with Gasteiger partial charge in [0.1, 0.15) is 11.6 Å². The van der Waals surface area contributed by atoms with Crippen molar-refractivity contribution >= 4 is 0 Å². The highest BCUT2D eigenvalue weighted by Crippen LogP contribution is 2.22. The Morgan fingerprint density at radius 2 is 2.25 bits per heavy atom. The average molecular weight is 280 g/mol. The number of benzene rings is 1. The molecular formula is C14H17FN2O3. The van der Waals surface area contributed by atoms with Gasteiger partial charge in [0.15, 0.2) is 12.4 Å². The van der Waals surface area contributed by atoms with Gasteiger partial charge in [-0.25, -0.2) is 4.39 Å². The van der Waals surface area contributed by atoms with Crippen LogP contribution >= 0.6 is 0 Å². The van der Waals surface area contributed by atoms with E-state index in [1.165, 1.54) is 19.1 Å². The Labute approximate surface area is 116 Å². The van der Waals surface area contributed by atoms with E-state index in [-0.39, 0.29) is 12.2 Å². The van der Waals surface area contributed by atoms with Crippen molar-refractivity contribution in [2.24, 2.45) is 0 Å². The van der Waals surface area contributed by atoms with Gasteiger partial charge >= 0.3 is 0 Å². The van der Waals surface area contributed by atoms with Gasteiger partial charge in [-0.1, -0.05) is 12.1 Å². The van der Waals surface area contributed by atoms with Crippen LogP contribution in [0.3, 0.4) is 0 Å². The summed E-state index contributed by atoms with van der Waals surface area (Å²) in [6, 6.07) is 4.31. The number of aryl methyl sites for hydroxylation is 1. The second kappa shape index (κ2) is 6.47. The number of aromatic nitrogens is 2. The number of hydrogen-bond acceptors (Lipinski definition) is 5. The molecule has 0 radical (unpaired) electrons. The van der Waals surface area contributed by atoms with Gasteiger partial charge in [0.05, 0.1) is 6.10 Å². The Hall–Kier alpha value is -1.95. The highest BCUT2D eigenvalue weighted by Gasteiger charge is 2.10. The summed E-state index contributed by atoms with van der Waals surface area (Å²) >= 11 is 0. The smallest absolute Gasteiger partial charge is 0.264 e. The standard InChI is InChI=1S/C14H17FN2O3/c1-3-4-13-16-14(20-17-13)8-19-10-5-6-11(9(2)18)12(15)7-10/h5-7,9,18H,3-4,8H2,1-2H3. The van der Waals surface area contributed by atoms with Gasteiger partial charge in [-0.15, -0.1) is 0 Å². The summed E-state index contributed by atoms with van der Waals surface area (Å²) in [5, 5.41) is 13.1. The molecule has 0 aliphatic heterocycles. The molecule has 1 atom stereocenters. The lowest BCUT2D eigenvalue weighted by Gasteiger charge is -2.08. The molecule has 5 nitrogen and oxygen atoms in total. The quantitative estimate of drug-likeness (QED) is 0.881. The molecule has 0 bridgehead atoms. The zero-order valence-corrected chi connectivity index (χ0v) is 11.5. The molecule has 0 amide bonds. The van der Waals surface area contributed by atoms with E-state index in [0.717, 1.165) is 12.8 Å². The fraction of sp³-hybridized carbons (Fsp3) is 0.429. The predicted molar refractivity (Wildman–Crippen MR) is 69.7 cm³/mol. The summed E-state index contributed by atoms with van der Waals surface area (Å²) in [5.74, 6) is 0.840. The topological polar surface area (TPSA) is 68.4 Å². The SMILES string of the molecule is CCCc1noc(COc2ccc(C(C)O)c(F)c2)n1. The Balaban J connectivity index is 1.98. The molecule has 6 heteroatoms. The van der Waals surface area contributed by atoms with Crippen LogP contribution in [0.2, 0.25) is 0 Å². The van der Waals surface area contributed by atoms with Crippen molar-refractivity contribution < 1.29 is 18.8 Å². The van der Waals surface area contributed by atoms with Crippen LogP contribution in [-0.2, 0) is 13.0 Å². The summed E-state index contributed by atoms with van der Waals surface area (Å²) in [5.41, 5.74) is 0.236. The van der Waals surface area contributed by atoms with E-state index < -0.39 is 11.9 Å². The van der Waals surface area contributed by atoms with Gasteiger partial charge in [0.2, 0.25) is 0 Å². The first-order chi connectivity index (χ1) is 9.60. The van der Waals surface area contributed by atoms with Gasteiger partial charge in [0.25, 0.3) is 5.89 Å². The summed E-state index contributed by atoms with van der Waals surface area (Å²) < 4.78 is 24.0. The third kappa shape index (κ3) is 3.54. The van der Waals surface area contributed by atoms with Crippen molar-refractivity contribution in [3.05, 3.63) is 41.3 Å². The second-order valence-corrected chi connectivity index (χ2v) is 4.50. The van der Waals surface area contributed by atoms with E-state index in [4.69, 9.17) is 9.26 Å². The number of ether oxygens (including phenoxy) is 1. The highest BCUT2D eigenvalue weighted by atomic mass is 19.1. The molecule has 108 valence electrons. The van der Waals surface area contributed by atoms with Crippen molar-refractivity contribution in [3.8, 4) is 5.75 Å². The second-order valence-electron chi connectivity index (χ2n) is 4.50. The predicted octanol–water partition coefficient (Wildman–Crippen LogP) is 2.79. The molecule has 20 heavy (non-hydrogen) atoms. The average Bonchev–Trinajstić information content (AvgIpc) is 2.84. The number of aliphatic hydroxyl groups is 1. The lowest BCUT2D eigenvalue weighted by molar-refractivity contribution is 0.193. The van der Waals surface area contributed by atoms with Gasteiger partial charge in [0, 0.05) is 18.1 Å². The largest absolute Gasteiger partial charge is 0.484 e. The molecule has 2 aromatic rings. The molecule has 0 aliphatic carbocycles. The van der Waals surface area contributed by atoms with Crippen LogP contribution in [-0.4, -0.2) is 15.2 Å². The fourth-order valence-corrected chi connectivity index (χ4v) is 1.76. The molecule has 1 aromatic heterocycles. The van der Waals surface area contributed by atoms with Crippen LogP contribution in [0, 0.1) is 5.82 Å². The third-order valence-electron chi connectivity index (χ3n) is 2.77. The Morgan fingerprint density at radius 3 is 2.90 bits per heavy atom. The maximum absolute atomic E-state index is 13.6. The zero-order chi connectivity index (χ0) is 14.5. The number of hydrogen-bond donors (Lipinski definition) is 1. The van der Waals surface area contributed by atoms with Gasteiger partial charge in [-0.3, -0.25) is 0 Å². The van der Waals surface area contributed by atoms with Crippen molar-refractivity contribution in [1.29, 1.82) is 0 Å². The number of halogens is 1. The lowest BCUT2D eigenvalue weighted by atomic mass is 10.1. The molecule has 0 saturated carbocycles. The summed E-state index contributed by atoms with van der Waals surface area (Å²) in [7, 11) is 0. The Bertz CT molecular complexity index is 569. The summed E-state index contributed by atoms with van der Waals surface area (Å²) in [4.78, 5) is 4.15. The van der Waals surface area contributed by atoms with Crippen LogP contribution in [0.25, 0.3) is 0 Å². The monoisotopic (exact) mass is 280 g/mol. The van der Waals surface area contributed by atoms with Crippen LogP contribution in [0.5, 0.6) is 5.75 Å². The van der Waals surface area contributed by atoms with Gasteiger partial charge < -0.3 is 14.4 Å². The van der Waals surface area contributed by atoms with Crippen LogP contribution in [0.4, 0.5) is 4.39 Å². The molecule has 0 spiro atoms. The van der Waals surface area contributed by atoms with Gasteiger partial charge in [-0.05, 0) is 25.5 Å². The lowest BCUT2D eigenvalue weighted by Crippen LogP contribution is -1.99. The van der Waals surface area contributed by atoms with Crippen LogP contribution in [0.1, 0.15) is 43.7 Å². The fourth-order valence-electron chi connectivity index (χ4n) is 1.76. The summed E-state index contributed by atoms with van der Waals surface area (Å²) in [6.45, 7) is 3.62. The normalized spacial score (nSPS) is 12.4. The van der Waals surface area contributed by atoms with Crippen molar-refractivity contribution in [3.63, 3.8) is 0 Å². The van der Waals surface area contributed by atoms with E-state index in [9.17, 15) is 9.50 Å². The van der Waals surface area contributed by atoms with E-state index in [2.05, 4.69) is 10.1 Å². The molecule has 1 heterocycles. The van der Waals surface area contributed by atoms with Crippen LogP contribution in [0.15, 0.2) is 22.7 Å². The van der Waals surface area contributed by atoms with E-state index in [0.29, 0.717) is 17.5 Å². The number of nitrogens with zero attached hydrogens (tertiary/aromatic N) is 2. The molecule has 0 aliphatic rings. The Kier molecular flexibility index (Phi) is 4.68. The summed E-state index contributed by atoms with van der Waals surface area (Å²) in [6.07, 6.45) is 0.837. The molecule has 0 fully saturated rings. The first-order valence-corrected chi connectivity index (χ1v) is 6.52. The van der Waals surface area contributed by atoms with Crippen molar-refractivity contribution in [2.45, 2.75) is 39.4 Å². The third-order valence-corrected chi connectivity index (χ3v) is 2.77. The van der Waals surface area contributed by atoms with Crippen molar-refractivity contribution in [2.75, 3.05) is 0 Å². The molecule has 0 saturated heterocycles. The first-order valence-electron chi connectivity index (χ1n) is 6.52. The van der Waals surface area contributed by atoms with E-state index in [1.807, 2.05) is 6.92 Å². The minimum Gasteiger partial charge on any atom is -0.484 e.